The van der Waals surface area contributed by atoms with Crippen molar-refractivity contribution in [3.05, 3.63) is 76.1 Å². The van der Waals surface area contributed by atoms with Crippen LogP contribution in [-0.2, 0) is 5.75 Å². The summed E-state index contributed by atoms with van der Waals surface area (Å²) in [6.07, 6.45) is 1.50. The number of thioether (sulfide) groups is 1. The molecule has 2 heterocycles. The van der Waals surface area contributed by atoms with E-state index in [4.69, 9.17) is 17.3 Å². The van der Waals surface area contributed by atoms with Crippen LogP contribution in [0.15, 0.2) is 63.2 Å². The number of benzene rings is 2. The largest absolute Gasteiger partial charge is 0.378 e. The zero-order valence-electron chi connectivity index (χ0n) is 16.8. The van der Waals surface area contributed by atoms with Gasteiger partial charge in [0.15, 0.2) is 5.69 Å². The summed E-state index contributed by atoms with van der Waals surface area (Å²) in [4.78, 5) is 13.8. The Morgan fingerprint density at radius 2 is 1.97 bits per heavy atom. The molecule has 32 heavy (non-hydrogen) atoms. The van der Waals surface area contributed by atoms with Crippen LogP contribution in [0.1, 0.15) is 27.3 Å². The standard InChI is InChI=1S/C20H17ClN8O2S/c1-12-2-8-15(9-3-12)32-11-16-17(24-28-29(16)19-18(22)26-31-27-19)20(30)25-23-10-13-4-6-14(21)7-5-13/h2-10H,11H2,1H3,(H2,22,26)(H,25,30)/b23-10-. The smallest absolute Gasteiger partial charge is 0.293 e. The van der Waals surface area contributed by atoms with Gasteiger partial charge < -0.3 is 5.73 Å². The molecule has 0 aliphatic rings. The van der Waals surface area contributed by atoms with E-state index in [-0.39, 0.29) is 17.3 Å². The molecule has 0 radical (unpaired) electrons. The van der Waals surface area contributed by atoms with Gasteiger partial charge in [0.25, 0.3) is 5.91 Å². The molecule has 0 atom stereocenters. The van der Waals surface area contributed by atoms with E-state index in [0.717, 1.165) is 16.0 Å². The van der Waals surface area contributed by atoms with Crippen molar-refractivity contribution >= 4 is 41.3 Å². The molecule has 0 aliphatic heterocycles. The number of hydrazone groups is 1. The second-order valence-corrected chi connectivity index (χ2v) is 8.11. The molecule has 2 aromatic carbocycles. The number of nitrogen functional groups attached to an aromatic ring is 1. The van der Waals surface area contributed by atoms with Crippen LogP contribution in [0.2, 0.25) is 5.02 Å². The maximum absolute atomic E-state index is 12.8. The predicted octanol–water partition coefficient (Wildman–Crippen LogP) is 3.25. The number of hydrogen-bond acceptors (Lipinski definition) is 9. The summed E-state index contributed by atoms with van der Waals surface area (Å²) in [5, 5.41) is 20.0. The molecule has 1 amide bonds. The third-order valence-electron chi connectivity index (χ3n) is 4.32. The van der Waals surface area contributed by atoms with Crippen LogP contribution < -0.4 is 11.2 Å². The number of nitrogens with one attached hydrogen (secondary N) is 1. The average molecular weight is 469 g/mol. The SMILES string of the molecule is Cc1ccc(SCc2c(C(=O)N/N=C\c3ccc(Cl)cc3)nnn2-c2nonc2N)cc1. The van der Waals surface area contributed by atoms with Crippen LogP contribution in [0.25, 0.3) is 5.82 Å². The Kier molecular flexibility index (Phi) is 6.47. The van der Waals surface area contributed by atoms with Crippen molar-refractivity contribution < 1.29 is 9.42 Å². The highest BCUT2D eigenvalue weighted by molar-refractivity contribution is 7.98. The monoisotopic (exact) mass is 468 g/mol. The summed E-state index contributed by atoms with van der Waals surface area (Å²) in [5.41, 5.74) is 10.8. The number of hydrogen-bond donors (Lipinski definition) is 2. The van der Waals surface area contributed by atoms with Crippen LogP contribution in [0.5, 0.6) is 0 Å². The maximum Gasteiger partial charge on any atom is 0.293 e. The summed E-state index contributed by atoms with van der Waals surface area (Å²) < 4.78 is 6.01. The molecule has 0 fully saturated rings. The topological polar surface area (TPSA) is 137 Å². The van der Waals surface area contributed by atoms with E-state index >= 15 is 0 Å². The molecule has 162 valence electrons. The molecule has 2 aromatic heterocycles. The fraction of sp³-hybridized carbons (Fsp3) is 0.100. The number of anilines is 1. The molecule has 3 N–H and O–H groups in total. The van der Waals surface area contributed by atoms with Gasteiger partial charge in [-0.2, -0.15) is 9.78 Å². The minimum Gasteiger partial charge on any atom is -0.378 e. The maximum atomic E-state index is 12.8. The number of nitrogens with two attached hydrogens (primary N) is 1. The first-order chi connectivity index (χ1) is 15.5. The molecule has 4 rings (SSSR count). The Labute approximate surface area is 191 Å². The molecule has 0 unspecified atom stereocenters. The van der Waals surface area contributed by atoms with Crippen molar-refractivity contribution in [2.45, 2.75) is 17.6 Å². The molecule has 0 bridgehead atoms. The molecule has 0 saturated carbocycles. The molecular formula is C20H17ClN8O2S. The molecule has 10 nitrogen and oxygen atoms in total. The summed E-state index contributed by atoms with van der Waals surface area (Å²) in [5.74, 6) is 0.0207. The number of amides is 1. The predicted molar refractivity (Wildman–Crippen MR) is 121 cm³/mol. The fourth-order valence-electron chi connectivity index (χ4n) is 2.67. The number of aryl methyl sites for hydroxylation is 1. The summed E-state index contributed by atoms with van der Waals surface area (Å²) >= 11 is 7.38. The molecule has 0 saturated heterocycles. The summed E-state index contributed by atoms with van der Waals surface area (Å²) in [7, 11) is 0. The third kappa shape index (κ3) is 4.95. The molecule has 0 aliphatic carbocycles. The third-order valence-corrected chi connectivity index (χ3v) is 5.60. The molecule has 4 aromatic rings. The van der Waals surface area contributed by atoms with E-state index in [0.29, 0.717) is 16.5 Å². The van der Waals surface area contributed by atoms with Crippen molar-refractivity contribution in [1.29, 1.82) is 0 Å². The number of aromatic nitrogens is 5. The van der Waals surface area contributed by atoms with Gasteiger partial charge in [-0.3, -0.25) is 4.79 Å². The number of halogens is 1. The van der Waals surface area contributed by atoms with Crippen molar-refractivity contribution in [3.8, 4) is 5.82 Å². The van der Waals surface area contributed by atoms with Gasteiger partial charge in [0.1, 0.15) is 0 Å². The van der Waals surface area contributed by atoms with E-state index in [2.05, 4.69) is 35.8 Å². The molecule has 0 spiro atoms. The highest BCUT2D eigenvalue weighted by Gasteiger charge is 2.24. The van der Waals surface area contributed by atoms with Gasteiger partial charge in [-0.05, 0) is 47.1 Å². The normalized spacial score (nSPS) is 11.2. The van der Waals surface area contributed by atoms with Gasteiger partial charge in [-0.25, -0.2) is 10.1 Å². The van der Waals surface area contributed by atoms with E-state index in [1.165, 1.54) is 22.7 Å². The molecule has 12 heteroatoms. The van der Waals surface area contributed by atoms with Crippen LogP contribution in [-0.4, -0.2) is 37.4 Å². The zero-order chi connectivity index (χ0) is 22.5. The lowest BCUT2D eigenvalue weighted by atomic mass is 10.2. The summed E-state index contributed by atoms with van der Waals surface area (Å²) in [6.45, 7) is 2.01. The molecular weight excluding hydrogens is 452 g/mol. The minimum atomic E-state index is -0.531. The van der Waals surface area contributed by atoms with E-state index < -0.39 is 5.91 Å². The fourth-order valence-corrected chi connectivity index (χ4v) is 3.69. The second-order valence-electron chi connectivity index (χ2n) is 6.62. The number of rotatable bonds is 7. The van der Waals surface area contributed by atoms with Crippen LogP contribution in [0.3, 0.4) is 0 Å². The number of carbonyl (C=O) groups excluding carboxylic acids is 1. The van der Waals surface area contributed by atoms with Crippen LogP contribution >= 0.6 is 23.4 Å². The van der Waals surface area contributed by atoms with Crippen molar-refractivity contribution in [1.82, 2.24) is 30.7 Å². The van der Waals surface area contributed by atoms with E-state index in [1.807, 2.05) is 31.2 Å². The highest BCUT2D eigenvalue weighted by atomic mass is 35.5. The lowest BCUT2D eigenvalue weighted by Crippen LogP contribution is -2.20. The number of nitrogens with zero attached hydrogens (tertiary/aromatic N) is 6. The quantitative estimate of drug-likeness (QED) is 0.239. The summed E-state index contributed by atoms with van der Waals surface area (Å²) in [6, 6.07) is 15.0. The Hall–Kier alpha value is -3.70. The lowest BCUT2D eigenvalue weighted by molar-refractivity contribution is 0.0949. The van der Waals surface area contributed by atoms with Gasteiger partial charge in [0.05, 0.1) is 11.9 Å². The number of carbonyl (C=O) groups is 1. The first-order valence-electron chi connectivity index (χ1n) is 9.32. The van der Waals surface area contributed by atoms with Crippen molar-refractivity contribution in [2.24, 2.45) is 5.10 Å². The van der Waals surface area contributed by atoms with E-state index in [1.54, 1.807) is 24.3 Å². The van der Waals surface area contributed by atoms with Gasteiger partial charge in [-0.15, -0.1) is 16.9 Å². The van der Waals surface area contributed by atoms with Crippen molar-refractivity contribution in [2.75, 3.05) is 5.73 Å². The average Bonchev–Trinajstić information content (AvgIpc) is 3.40. The van der Waals surface area contributed by atoms with Gasteiger partial charge in [0.2, 0.25) is 11.6 Å². The van der Waals surface area contributed by atoms with Gasteiger partial charge >= 0.3 is 0 Å². The van der Waals surface area contributed by atoms with Gasteiger partial charge in [-0.1, -0.05) is 46.6 Å². The van der Waals surface area contributed by atoms with Crippen molar-refractivity contribution in [3.63, 3.8) is 0 Å². The first-order valence-corrected chi connectivity index (χ1v) is 10.7. The second kappa shape index (κ2) is 9.62. The highest BCUT2D eigenvalue weighted by Crippen LogP contribution is 2.26. The van der Waals surface area contributed by atoms with E-state index in [9.17, 15) is 4.79 Å². The van der Waals surface area contributed by atoms with Gasteiger partial charge in [0, 0.05) is 15.7 Å². The Balaban J connectivity index is 1.56. The van der Waals surface area contributed by atoms with Crippen LogP contribution in [0.4, 0.5) is 5.82 Å². The van der Waals surface area contributed by atoms with Crippen LogP contribution in [0, 0.1) is 6.92 Å². The Bertz CT molecular complexity index is 1250. The lowest BCUT2D eigenvalue weighted by Gasteiger charge is -2.06. The zero-order valence-corrected chi connectivity index (χ0v) is 18.3. The Morgan fingerprint density at radius 3 is 2.66 bits per heavy atom. The first kappa shape index (κ1) is 21.5. The minimum absolute atomic E-state index is 0.0317. The Morgan fingerprint density at radius 1 is 1.22 bits per heavy atom.